The summed E-state index contributed by atoms with van der Waals surface area (Å²) in [7, 11) is 1.20. The summed E-state index contributed by atoms with van der Waals surface area (Å²) < 4.78 is 50.3. The average Bonchev–Trinajstić information content (AvgIpc) is 2.65. The van der Waals surface area contributed by atoms with E-state index < -0.39 is 21.0 Å². The molecule has 0 spiro atoms. The summed E-state index contributed by atoms with van der Waals surface area (Å²) in [6, 6.07) is -1.08. The Labute approximate surface area is 102 Å². The van der Waals surface area contributed by atoms with Gasteiger partial charge in [-0.15, -0.1) is 0 Å². The van der Waals surface area contributed by atoms with Crippen molar-refractivity contribution in [3.05, 3.63) is 12.4 Å². The number of halogens is 3. The van der Waals surface area contributed by atoms with Crippen LogP contribution in [0.4, 0.5) is 8.78 Å². The Kier molecular flexibility index (Phi) is 3.15. The zero-order valence-corrected chi connectivity index (χ0v) is 10.4. The average molecular weight is 285 g/mol. The number of aromatic nitrogens is 2. The van der Waals surface area contributed by atoms with Crippen LogP contribution in [0.5, 0.6) is 0 Å². The van der Waals surface area contributed by atoms with Gasteiger partial charge in [-0.25, -0.2) is 17.2 Å². The molecule has 0 bridgehead atoms. The highest BCUT2D eigenvalue weighted by molar-refractivity contribution is 8.13. The van der Waals surface area contributed by atoms with Crippen molar-refractivity contribution in [2.75, 3.05) is 0 Å². The van der Waals surface area contributed by atoms with Gasteiger partial charge in [-0.3, -0.25) is 4.68 Å². The van der Waals surface area contributed by atoms with Gasteiger partial charge in [-0.05, 0) is 12.8 Å². The molecule has 0 aliphatic heterocycles. The first-order valence-electron chi connectivity index (χ1n) is 5.17. The smallest absolute Gasteiger partial charge is 0.262 e. The monoisotopic (exact) mass is 284 g/mol. The van der Waals surface area contributed by atoms with Crippen molar-refractivity contribution < 1.29 is 17.2 Å². The molecule has 4 nitrogen and oxygen atoms in total. The minimum absolute atomic E-state index is 0.194. The molecule has 1 unspecified atom stereocenters. The lowest BCUT2D eigenvalue weighted by Gasteiger charge is -2.31. The molecular formula is C9H11ClF2N2O2S. The summed E-state index contributed by atoms with van der Waals surface area (Å²) >= 11 is 0. The van der Waals surface area contributed by atoms with Crippen molar-refractivity contribution >= 4 is 19.7 Å². The third-order valence-electron chi connectivity index (χ3n) is 2.90. The summed E-state index contributed by atoms with van der Waals surface area (Å²) in [6.07, 6.45) is 3.31. The van der Waals surface area contributed by atoms with Gasteiger partial charge in [0.1, 0.15) is 10.9 Å². The molecule has 1 aliphatic carbocycles. The van der Waals surface area contributed by atoms with Gasteiger partial charge in [0.2, 0.25) is 0 Å². The molecule has 0 amide bonds. The molecule has 1 aromatic heterocycles. The molecule has 1 heterocycles. The van der Waals surface area contributed by atoms with E-state index in [1.54, 1.807) is 0 Å². The highest BCUT2D eigenvalue weighted by Gasteiger charge is 2.43. The molecule has 1 atom stereocenters. The lowest BCUT2D eigenvalue weighted by atomic mass is 9.92. The predicted octanol–water partition coefficient (Wildman–Crippen LogP) is 2.56. The van der Waals surface area contributed by atoms with Crippen molar-refractivity contribution in [1.82, 2.24) is 9.78 Å². The van der Waals surface area contributed by atoms with E-state index in [4.69, 9.17) is 10.7 Å². The highest BCUT2D eigenvalue weighted by Crippen LogP contribution is 2.41. The maximum Gasteiger partial charge on any atom is 0.270 e. The molecule has 17 heavy (non-hydrogen) atoms. The van der Waals surface area contributed by atoms with Crippen molar-refractivity contribution in [2.45, 2.75) is 42.5 Å². The predicted molar refractivity (Wildman–Crippen MR) is 57.7 cm³/mol. The van der Waals surface area contributed by atoms with Gasteiger partial charge < -0.3 is 0 Å². The van der Waals surface area contributed by atoms with Crippen molar-refractivity contribution in [3.63, 3.8) is 0 Å². The molecule has 0 radical (unpaired) electrons. The van der Waals surface area contributed by atoms with Gasteiger partial charge in [0.05, 0.1) is 6.20 Å². The van der Waals surface area contributed by atoms with Gasteiger partial charge in [0.15, 0.2) is 0 Å². The Morgan fingerprint density at radius 2 is 2.18 bits per heavy atom. The Morgan fingerprint density at radius 3 is 2.71 bits per heavy atom. The first kappa shape index (κ1) is 12.8. The van der Waals surface area contributed by atoms with Crippen molar-refractivity contribution in [2.24, 2.45) is 0 Å². The molecule has 0 aromatic carbocycles. The Morgan fingerprint density at radius 1 is 1.47 bits per heavy atom. The fourth-order valence-corrected chi connectivity index (χ4v) is 2.66. The van der Waals surface area contributed by atoms with Crippen molar-refractivity contribution in [1.29, 1.82) is 0 Å². The topological polar surface area (TPSA) is 52.0 Å². The van der Waals surface area contributed by atoms with Crippen LogP contribution >= 0.6 is 10.7 Å². The normalized spacial score (nSPS) is 24.8. The molecule has 1 fully saturated rings. The number of alkyl halides is 2. The minimum atomic E-state index is -3.91. The maximum atomic E-state index is 13.6. The Hall–Kier alpha value is -0.690. The molecule has 1 aliphatic rings. The number of nitrogens with zero attached hydrogens (tertiary/aromatic N) is 2. The SMILES string of the molecule is O=S(=O)(Cl)c1cnn(C2CCCCC2(F)F)c1. The van der Waals surface area contributed by atoms with Gasteiger partial charge in [-0.2, -0.15) is 5.10 Å². The first-order chi connectivity index (χ1) is 7.81. The van der Waals surface area contributed by atoms with E-state index in [1.165, 1.54) is 0 Å². The van der Waals surface area contributed by atoms with Gasteiger partial charge in [-0.1, -0.05) is 6.42 Å². The van der Waals surface area contributed by atoms with Crippen LogP contribution in [-0.2, 0) is 9.05 Å². The van der Waals surface area contributed by atoms with Gasteiger partial charge in [0.25, 0.3) is 15.0 Å². The standard InChI is InChI=1S/C9H11ClF2N2O2S/c10-17(15,16)7-5-13-14(6-7)8-3-1-2-4-9(8,11)12/h5-6,8H,1-4H2. The second kappa shape index (κ2) is 4.20. The lowest BCUT2D eigenvalue weighted by Crippen LogP contribution is -2.34. The summed E-state index contributed by atoms with van der Waals surface area (Å²) in [5.74, 6) is -2.85. The molecule has 1 saturated carbocycles. The molecule has 1 aromatic rings. The van der Waals surface area contributed by atoms with Crippen LogP contribution in [0.15, 0.2) is 17.3 Å². The van der Waals surface area contributed by atoms with E-state index in [9.17, 15) is 17.2 Å². The second-order valence-electron chi connectivity index (χ2n) is 4.12. The van der Waals surface area contributed by atoms with E-state index in [0.29, 0.717) is 12.8 Å². The fraction of sp³-hybridized carbons (Fsp3) is 0.667. The summed E-state index contributed by atoms with van der Waals surface area (Å²) in [4.78, 5) is -0.249. The molecule has 2 rings (SSSR count). The first-order valence-corrected chi connectivity index (χ1v) is 7.48. The van der Waals surface area contributed by atoms with Gasteiger partial charge in [0, 0.05) is 23.3 Å². The quantitative estimate of drug-likeness (QED) is 0.784. The third kappa shape index (κ3) is 2.60. The third-order valence-corrected chi connectivity index (χ3v) is 4.21. The van der Waals surface area contributed by atoms with Gasteiger partial charge >= 0.3 is 0 Å². The van der Waals surface area contributed by atoms with Crippen LogP contribution in [-0.4, -0.2) is 24.1 Å². The number of hydrogen-bond acceptors (Lipinski definition) is 3. The van der Waals surface area contributed by atoms with Crippen LogP contribution in [0.2, 0.25) is 0 Å². The summed E-state index contributed by atoms with van der Waals surface area (Å²) in [6.45, 7) is 0. The Bertz CT molecular complexity index is 515. The fourth-order valence-electron chi connectivity index (χ4n) is 2.02. The molecule has 8 heteroatoms. The van der Waals surface area contributed by atoms with Crippen LogP contribution in [0.3, 0.4) is 0 Å². The summed E-state index contributed by atoms with van der Waals surface area (Å²) in [5, 5.41) is 3.68. The van der Waals surface area contributed by atoms with E-state index in [-0.39, 0.29) is 17.7 Å². The van der Waals surface area contributed by atoms with E-state index in [2.05, 4.69) is 5.10 Å². The zero-order valence-electron chi connectivity index (χ0n) is 8.81. The van der Waals surface area contributed by atoms with Crippen LogP contribution < -0.4 is 0 Å². The number of hydrogen-bond donors (Lipinski definition) is 0. The highest BCUT2D eigenvalue weighted by atomic mass is 35.7. The largest absolute Gasteiger partial charge is 0.270 e. The van der Waals surface area contributed by atoms with E-state index in [1.807, 2.05) is 0 Å². The van der Waals surface area contributed by atoms with Crippen LogP contribution in [0, 0.1) is 0 Å². The number of rotatable bonds is 2. The van der Waals surface area contributed by atoms with E-state index >= 15 is 0 Å². The van der Waals surface area contributed by atoms with Crippen LogP contribution in [0.25, 0.3) is 0 Å². The van der Waals surface area contributed by atoms with E-state index in [0.717, 1.165) is 17.1 Å². The Balaban J connectivity index is 2.31. The molecule has 0 saturated heterocycles. The zero-order chi connectivity index (χ0) is 12.7. The maximum absolute atomic E-state index is 13.6. The lowest BCUT2D eigenvalue weighted by molar-refractivity contribution is -0.0819. The summed E-state index contributed by atoms with van der Waals surface area (Å²) in [5.41, 5.74) is 0. The van der Waals surface area contributed by atoms with Crippen LogP contribution in [0.1, 0.15) is 31.7 Å². The second-order valence-corrected chi connectivity index (χ2v) is 6.68. The molecule has 0 N–H and O–H groups in total. The molecule has 96 valence electrons. The molecular weight excluding hydrogens is 274 g/mol. The van der Waals surface area contributed by atoms with Crippen molar-refractivity contribution in [3.8, 4) is 0 Å². The minimum Gasteiger partial charge on any atom is -0.262 e.